The summed E-state index contributed by atoms with van der Waals surface area (Å²) in [7, 11) is 3.08. The first kappa shape index (κ1) is 24.1. The van der Waals surface area contributed by atoms with Crippen LogP contribution >= 0.6 is 11.6 Å². The molecule has 2 amide bonds. The summed E-state index contributed by atoms with van der Waals surface area (Å²) in [4.78, 5) is 29.6. The highest BCUT2D eigenvalue weighted by molar-refractivity contribution is 6.33. The number of aryl methyl sites for hydroxylation is 2. The van der Waals surface area contributed by atoms with Gasteiger partial charge in [0, 0.05) is 32.3 Å². The molecular weight excluding hydrogens is 458 g/mol. The van der Waals surface area contributed by atoms with Gasteiger partial charge in [0.15, 0.2) is 11.5 Å². The number of likely N-dealkylation sites (tertiary alicyclic amines) is 2. The van der Waals surface area contributed by atoms with Crippen LogP contribution in [0.15, 0.2) is 22.7 Å². The summed E-state index contributed by atoms with van der Waals surface area (Å²) in [5.74, 6) is 1.47. The van der Waals surface area contributed by atoms with Crippen molar-refractivity contribution in [1.82, 2.24) is 15.0 Å². The Labute approximate surface area is 204 Å². The van der Waals surface area contributed by atoms with Gasteiger partial charge in [-0.25, -0.2) is 0 Å². The molecule has 0 bridgehead atoms. The highest BCUT2D eigenvalue weighted by Gasteiger charge is 2.42. The van der Waals surface area contributed by atoms with Crippen molar-refractivity contribution < 1.29 is 23.6 Å². The normalized spacial score (nSPS) is 17.6. The SMILES string of the molecule is COc1ccc(/C=C/C(=O)N2CCC3(CCN(C(=O)c4c(C)noc4C)CC3)C2)c(Cl)c1OC. The predicted molar refractivity (Wildman–Crippen MR) is 128 cm³/mol. The van der Waals surface area contributed by atoms with E-state index in [-0.39, 0.29) is 17.2 Å². The maximum Gasteiger partial charge on any atom is 0.259 e. The second-order valence-corrected chi connectivity index (χ2v) is 9.42. The lowest BCUT2D eigenvalue weighted by atomic mass is 9.77. The van der Waals surface area contributed by atoms with Crippen LogP contribution in [0.3, 0.4) is 0 Å². The van der Waals surface area contributed by atoms with E-state index in [0.29, 0.717) is 65.3 Å². The number of methoxy groups -OCH3 is 2. The van der Waals surface area contributed by atoms with E-state index < -0.39 is 0 Å². The molecule has 2 saturated heterocycles. The number of piperidine rings is 1. The van der Waals surface area contributed by atoms with Crippen LogP contribution in [0, 0.1) is 19.3 Å². The molecule has 0 N–H and O–H groups in total. The fourth-order valence-electron chi connectivity index (χ4n) is 4.96. The minimum atomic E-state index is -0.0445. The lowest BCUT2D eigenvalue weighted by Crippen LogP contribution is -2.44. The number of hydrogen-bond acceptors (Lipinski definition) is 6. The molecule has 2 fully saturated rings. The zero-order chi connectivity index (χ0) is 24.5. The second-order valence-electron chi connectivity index (χ2n) is 9.04. The van der Waals surface area contributed by atoms with Gasteiger partial charge in [-0.1, -0.05) is 16.8 Å². The largest absolute Gasteiger partial charge is 0.493 e. The van der Waals surface area contributed by atoms with Crippen molar-refractivity contribution in [1.29, 1.82) is 0 Å². The van der Waals surface area contributed by atoms with E-state index in [1.807, 2.05) is 9.80 Å². The van der Waals surface area contributed by atoms with Crippen molar-refractivity contribution in [3.8, 4) is 11.5 Å². The van der Waals surface area contributed by atoms with Crippen molar-refractivity contribution in [3.63, 3.8) is 0 Å². The van der Waals surface area contributed by atoms with E-state index in [0.717, 1.165) is 19.3 Å². The van der Waals surface area contributed by atoms with Gasteiger partial charge in [0.25, 0.3) is 5.91 Å². The molecule has 1 aromatic heterocycles. The molecule has 0 saturated carbocycles. The van der Waals surface area contributed by atoms with Crippen molar-refractivity contribution in [2.75, 3.05) is 40.4 Å². The summed E-state index contributed by atoms with van der Waals surface area (Å²) in [5.41, 5.74) is 1.94. The summed E-state index contributed by atoms with van der Waals surface area (Å²) in [6, 6.07) is 3.56. The number of nitrogens with zero attached hydrogens (tertiary/aromatic N) is 3. The third-order valence-corrected chi connectivity index (χ3v) is 7.42. The fraction of sp³-hybridized carbons (Fsp3) is 0.480. The third kappa shape index (κ3) is 4.51. The Morgan fingerprint density at radius 1 is 1.09 bits per heavy atom. The van der Waals surface area contributed by atoms with Crippen molar-refractivity contribution in [2.45, 2.75) is 33.1 Å². The third-order valence-electron chi connectivity index (χ3n) is 7.03. The predicted octanol–water partition coefficient (Wildman–Crippen LogP) is 4.13. The zero-order valence-electron chi connectivity index (χ0n) is 20.0. The molecule has 1 spiro atoms. The standard InChI is InChI=1S/C25H30ClN3O5/c1-16-21(17(2)34-27-16)24(31)28-12-9-25(10-13-28)11-14-29(15-25)20(30)8-6-18-5-7-19(32-3)23(33-4)22(18)26/h5-8H,9-15H2,1-4H3/b8-6+. The first-order valence-corrected chi connectivity index (χ1v) is 11.8. The number of carbonyl (C=O) groups excluding carboxylic acids is 2. The van der Waals surface area contributed by atoms with Gasteiger partial charge in [0.2, 0.25) is 5.91 Å². The Morgan fingerprint density at radius 2 is 1.76 bits per heavy atom. The molecule has 3 heterocycles. The molecule has 182 valence electrons. The second kappa shape index (κ2) is 9.70. The Kier molecular flexibility index (Phi) is 6.89. The lowest BCUT2D eigenvalue weighted by Gasteiger charge is -2.39. The maximum atomic E-state index is 12.9. The molecule has 0 radical (unpaired) electrons. The van der Waals surface area contributed by atoms with Crippen molar-refractivity contribution in [3.05, 3.63) is 45.8 Å². The van der Waals surface area contributed by atoms with Gasteiger partial charge in [-0.05, 0) is 62.3 Å². The van der Waals surface area contributed by atoms with Gasteiger partial charge in [0.05, 0.1) is 24.9 Å². The Bertz CT molecular complexity index is 1100. The highest BCUT2D eigenvalue weighted by atomic mass is 35.5. The average molecular weight is 488 g/mol. The number of ether oxygens (including phenoxy) is 2. The van der Waals surface area contributed by atoms with Crippen LogP contribution in [0.2, 0.25) is 5.02 Å². The van der Waals surface area contributed by atoms with Gasteiger partial charge in [-0.15, -0.1) is 0 Å². The fourth-order valence-corrected chi connectivity index (χ4v) is 5.26. The van der Waals surface area contributed by atoms with E-state index in [2.05, 4.69) is 5.16 Å². The average Bonchev–Trinajstić information content (AvgIpc) is 3.40. The minimum absolute atomic E-state index is 0.0215. The van der Waals surface area contributed by atoms with Crippen molar-refractivity contribution >= 4 is 29.5 Å². The number of aromatic nitrogens is 1. The van der Waals surface area contributed by atoms with Crippen LogP contribution in [0.1, 0.15) is 46.6 Å². The molecule has 0 aliphatic carbocycles. The highest BCUT2D eigenvalue weighted by Crippen LogP contribution is 2.41. The monoisotopic (exact) mass is 487 g/mol. The first-order chi connectivity index (χ1) is 16.3. The van der Waals surface area contributed by atoms with Crippen LogP contribution in [0.25, 0.3) is 6.08 Å². The number of rotatable bonds is 5. The van der Waals surface area contributed by atoms with Crippen molar-refractivity contribution in [2.24, 2.45) is 5.41 Å². The summed E-state index contributed by atoms with van der Waals surface area (Å²) in [6.45, 7) is 6.30. The molecule has 4 rings (SSSR count). The summed E-state index contributed by atoms with van der Waals surface area (Å²) >= 11 is 6.43. The minimum Gasteiger partial charge on any atom is -0.493 e. The van der Waals surface area contributed by atoms with Gasteiger partial charge in [-0.2, -0.15) is 0 Å². The number of amides is 2. The molecule has 2 aliphatic rings. The molecular formula is C25H30ClN3O5. The molecule has 0 unspecified atom stereocenters. The van der Waals surface area contributed by atoms with Crippen LogP contribution in [0.4, 0.5) is 0 Å². The molecule has 1 aromatic carbocycles. The Hall–Kier alpha value is -3.00. The van der Waals surface area contributed by atoms with E-state index in [4.69, 9.17) is 25.6 Å². The molecule has 2 aliphatic heterocycles. The number of carbonyl (C=O) groups is 2. The molecule has 2 aromatic rings. The summed E-state index contributed by atoms with van der Waals surface area (Å²) in [6.07, 6.45) is 5.95. The number of halogens is 1. The zero-order valence-corrected chi connectivity index (χ0v) is 20.8. The summed E-state index contributed by atoms with van der Waals surface area (Å²) < 4.78 is 15.7. The number of benzene rings is 1. The van der Waals surface area contributed by atoms with Gasteiger partial charge >= 0.3 is 0 Å². The van der Waals surface area contributed by atoms with Gasteiger partial charge < -0.3 is 23.8 Å². The molecule has 8 nitrogen and oxygen atoms in total. The Balaban J connectivity index is 1.37. The Morgan fingerprint density at radius 3 is 2.35 bits per heavy atom. The maximum absolute atomic E-state index is 12.9. The van der Waals surface area contributed by atoms with Gasteiger partial charge in [0.1, 0.15) is 11.3 Å². The van der Waals surface area contributed by atoms with Crippen LogP contribution in [-0.2, 0) is 4.79 Å². The van der Waals surface area contributed by atoms with Crippen LogP contribution < -0.4 is 9.47 Å². The first-order valence-electron chi connectivity index (χ1n) is 11.4. The van der Waals surface area contributed by atoms with E-state index in [1.165, 1.54) is 7.11 Å². The van der Waals surface area contributed by atoms with E-state index in [9.17, 15) is 9.59 Å². The topological polar surface area (TPSA) is 85.1 Å². The summed E-state index contributed by atoms with van der Waals surface area (Å²) in [5, 5.41) is 4.30. The number of hydrogen-bond donors (Lipinski definition) is 0. The van der Waals surface area contributed by atoms with Crippen LogP contribution in [-0.4, -0.2) is 67.2 Å². The van der Waals surface area contributed by atoms with Crippen LogP contribution in [0.5, 0.6) is 11.5 Å². The molecule has 34 heavy (non-hydrogen) atoms. The van der Waals surface area contributed by atoms with E-state index >= 15 is 0 Å². The van der Waals surface area contributed by atoms with Gasteiger partial charge in [-0.3, -0.25) is 9.59 Å². The lowest BCUT2D eigenvalue weighted by molar-refractivity contribution is -0.125. The molecule has 0 atom stereocenters. The smallest absolute Gasteiger partial charge is 0.259 e. The quantitative estimate of drug-likeness (QED) is 0.589. The van der Waals surface area contributed by atoms with E-state index in [1.54, 1.807) is 45.2 Å². The molecule has 9 heteroatoms.